The summed E-state index contributed by atoms with van der Waals surface area (Å²) in [5.74, 6) is -3.87. The van der Waals surface area contributed by atoms with Crippen molar-refractivity contribution in [3.05, 3.63) is 64.1 Å². The van der Waals surface area contributed by atoms with E-state index in [-0.39, 0.29) is 13.0 Å². The molecule has 1 atom stereocenters. The summed E-state index contributed by atoms with van der Waals surface area (Å²) in [5, 5.41) is 3.04. The van der Waals surface area contributed by atoms with E-state index in [0.29, 0.717) is 5.56 Å². The molecule has 1 fully saturated rings. The van der Waals surface area contributed by atoms with Gasteiger partial charge in [0.25, 0.3) is 11.8 Å². The molecule has 2 aromatic carbocycles. The maximum absolute atomic E-state index is 13.0. The topological polar surface area (TPSA) is 105 Å². The summed E-state index contributed by atoms with van der Waals surface area (Å²) in [4.78, 5) is 48.6. The first-order valence-electron chi connectivity index (χ1n) is 9.54. The van der Waals surface area contributed by atoms with Crippen molar-refractivity contribution in [2.45, 2.75) is 12.6 Å². The third kappa shape index (κ3) is 6.31. The monoisotopic (exact) mass is 527 g/mol. The highest BCUT2D eigenvalue weighted by Crippen LogP contribution is 2.34. The highest BCUT2D eigenvalue weighted by Gasteiger charge is 2.37. The summed E-state index contributed by atoms with van der Waals surface area (Å²) in [6, 6.07) is 10.8. The first-order valence-corrected chi connectivity index (χ1v) is 10.3. The van der Waals surface area contributed by atoms with Crippen molar-refractivity contribution in [2.24, 2.45) is 5.92 Å². The number of nitrogens with zero attached hydrogens (tertiary/aromatic N) is 1. The maximum Gasteiger partial charge on any atom is 0.418 e. The number of hydrogen-bond donors (Lipinski definition) is 2. The number of esters is 1. The van der Waals surface area contributed by atoms with Gasteiger partial charge < -0.3 is 10.1 Å². The molecule has 0 unspecified atom stereocenters. The molecule has 0 aromatic heterocycles. The average molecular weight is 528 g/mol. The molecular weight excluding hydrogens is 511 g/mol. The summed E-state index contributed by atoms with van der Waals surface area (Å²) < 4.78 is 44.6. The lowest BCUT2D eigenvalue weighted by Gasteiger charge is -2.17. The molecule has 0 aliphatic carbocycles. The number of amides is 3. The van der Waals surface area contributed by atoms with Gasteiger partial charge in [-0.25, -0.2) is 0 Å². The number of rotatable bonds is 6. The molecule has 1 aliphatic rings. The molecule has 2 aromatic rings. The van der Waals surface area contributed by atoms with Crippen LogP contribution in [0.4, 0.5) is 18.9 Å². The van der Waals surface area contributed by atoms with Crippen LogP contribution in [0.5, 0.6) is 0 Å². The van der Waals surface area contributed by atoms with Crippen LogP contribution in [0.3, 0.4) is 0 Å². The Morgan fingerprint density at radius 2 is 1.76 bits per heavy atom. The van der Waals surface area contributed by atoms with E-state index in [2.05, 4.69) is 26.7 Å². The summed E-state index contributed by atoms with van der Waals surface area (Å²) >= 11 is 3.25. The van der Waals surface area contributed by atoms with E-state index in [1.165, 1.54) is 12.1 Å². The van der Waals surface area contributed by atoms with Crippen LogP contribution >= 0.6 is 15.9 Å². The highest BCUT2D eigenvalue weighted by molar-refractivity contribution is 9.10. The van der Waals surface area contributed by atoms with Gasteiger partial charge in [0.1, 0.15) is 0 Å². The minimum absolute atomic E-state index is 0.168. The maximum atomic E-state index is 13.0. The first-order chi connectivity index (χ1) is 15.5. The number of para-hydroxylation sites is 1. The summed E-state index contributed by atoms with van der Waals surface area (Å²) in [6.07, 6.45) is -4.92. The third-order valence-electron chi connectivity index (χ3n) is 4.65. The fourth-order valence-electron chi connectivity index (χ4n) is 3.04. The van der Waals surface area contributed by atoms with Crippen molar-refractivity contribution in [3.63, 3.8) is 0 Å². The molecule has 0 saturated carbocycles. The number of hydrazine groups is 1. The molecule has 1 saturated heterocycles. The quantitative estimate of drug-likeness (QED) is 0.561. The van der Waals surface area contributed by atoms with Gasteiger partial charge in [0.2, 0.25) is 5.91 Å². The van der Waals surface area contributed by atoms with Gasteiger partial charge in [0.05, 0.1) is 23.7 Å². The van der Waals surface area contributed by atoms with Crippen LogP contribution in [0.1, 0.15) is 22.3 Å². The second-order valence-electron chi connectivity index (χ2n) is 7.05. The molecule has 1 heterocycles. The first kappa shape index (κ1) is 24.2. The number of carbonyl (C=O) groups is 4. The van der Waals surface area contributed by atoms with Crippen LogP contribution in [-0.4, -0.2) is 41.9 Å². The van der Waals surface area contributed by atoms with Gasteiger partial charge >= 0.3 is 12.1 Å². The van der Waals surface area contributed by atoms with Gasteiger partial charge in [-0.05, 0) is 36.4 Å². The zero-order valence-corrected chi connectivity index (χ0v) is 18.4. The highest BCUT2D eigenvalue weighted by atomic mass is 79.9. The lowest BCUT2D eigenvalue weighted by Crippen LogP contribution is -2.43. The molecule has 33 heavy (non-hydrogen) atoms. The van der Waals surface area contributed by atoms with Crippen LogP contribution in [-0.2, 0) is 25.3 Å². The number of nitrogens with one attached hydrogen (secondary N) is 2. The van der Waals surface area contributed by atoms with Crippen LogP contribution in [0.15, 0.2) is 53.0 Å². The van der Waals surface area contributed by atoms with E-state index in [1.807, 2.05) is 0 Å². The molecule has 12 heteroatoms. The molecule has 0 radical (unpaired) electrons. The van der Waals surface area contributed by atoms with Crippen LogP contribution in [0.25, 0.3) is 0 Å². The lowest BCUT2D eigenvalue weighted by atomic mass is 10.1. The minimum atomic E-state index is -4.67. The number of alkyl halides is 3. The van der Waals surface area contributed by atoms with Crippen molar-refractivity contribution in [1.82, 2.24) is 10.4 Å². The van der Waals surface area contributed by atoms with Gasteiger partial charge in [-0.3, -0.25) is 29.6 Å². The van der Waals surface area contributed by atoms with Crippen molar-refractivity contribution in [2.75, 3.05) is 18.5 Å². The van der Waals surface area contributed by atoms with E-state index in [0.717, 1.165) is 21.6 Å². The van der Waals surface area contributed by atoms with Crippen molar-refractivity contribution >= 4 is 45.3 Å². The van der Waals surface area contributed by atoms with Crippen molar-refractivity contribution < 1.29 is 37.1 Å². The largest absolute Gasteiger partial charge is 0.455 e. The zero-order valence-electron chi connectivity index (χ0n) is 16.8. The Hall–Kier alpha value is -3.41. The molecule has 3 rings (SSSR count). The molecule has 0 spiro atoms. The molecule has 1 aliphatic heterocycles. The van der Waals surface area contributed by atoms with Crippen molar-refractivity contribution in [1.29, 1.82) is 0 Å². The Morgan fingerprint density at radius 3 is 2.42 bits per heavy atom. The van der Waals surface area contributed by atoms with E-state index in [9.17, 15) is 32.3 Å². The molecule has 3 amide bonds. The standard InChI is InChI=1S/C21H17BrF3N3O5/c22-14-7-5-12(6-8-14)19(31)27-28-10-13(9-18(28)30)20(32)33-11-17(29)26-16-4-2-1-3-15(16)21(23,24)25/h1-8,13H,9-11H2,(H,26,29)(H,27,31)/t13-/m0/s1. The molecule has 8 nitrogen and oxygen atoms in total. The predicted molar refractivity (Wildman–Crippen MR) is 112 cm³/mol. The number of hydrogen-bond acceptors (Lipinski definition) is 5. The number of anilines is 1. The van der Waals surface area contributed by atoms with Gasteiger partial charge in [0.15, 0.2) is 6.61 Å². The Balaban J connectivity index is 1.51. The van der Waals surface area contributed by atoms with Gasteiger partial charge in [-0.2, -0.15) is 13.2 Å². The average Bonchev–Trinajstić information content (AvgIpc) is 3.12. The molecule has 2 N–H and O–H groups in total. The fraction of sp³-hybridized carbons (Fsp3) is 0.238. The lowest BCUT2D eigenvalue weighted by molar-refractivity contribution is -0.151. The molecule has 174 valence electrons. The van der Waals surface area contributed by atoms with Crippen molar-refractivity contribution in [3.8, 4) is 0 Å². The zero-order chi connectivity index (χ0) is 24.2. The van der Waals surface area contributed by atoms with Crippen LogP contribution in [0, 0.1) is 5.92 Å². The Morgan fingerprint density at radius 1 is 1.09 bits per heavy atom. The Kier molecular flexibility index (Phi) is 7.36. The second kappa shape index (κ2) is 10.0. The smallest absolute Gasteiger partial charge is 0.418 e. The van der Waals surface area contributed by atoms with Gasteiger partial charge in [0, 0.05) is 16.5 Å². The van der Waals surface area contributed by atoms with E-state index in [4.69, 9.17) is 4.74 Å². The fourth-order valence-corrected chi connectivity index (χ4v) is 3.31. The third-order valence-corrected chi connectivity index (χ3v) is 5.18. The van der Waals surface area contributed by atoms with Crippen LogP contribution < -0.4 is 10.7 Å². The molecule has 0 bridgehead atoms. The Bertz CT molecular complexity index is 1080. The number of carbonyl (C=O) groups excluding carboxylic acids is 4. The van der Waals surface area contributed by atoms with E-state index >= 15 is 0 Å². The summed E-state index contributed by atoms with van der Waals surface area (Å²) in [7, 11) is 0. The number of halogens is 4. The second-order valence-corrected chi connectivity index (χ2v) is 7.97. The van der Waals surface area contributed by atoms with Crippen LogP contribution in [0.2, 0.25) is 0 Å². The number of ether oxygens (including phenoxy) is 1. The SMILES string of the molecule is O=C(COC(=O)[C@H]1CC(=O)N(NC(=O)c2ccc(Br)cc2)C1)Nc1ccccc1C(F)(F)F. The Labute approximate surface area is 194 Å². The minimum Gasteiger partial charge on any atom is -0.455 e. The van der Waals surface area contributed by atoms with E-state index in [1.54, 1.807) is 24.3 Å². The van der Waals surface area contributed by atoms with Gasteiger partial charge in [-0.1, -0.05) is 28.1 Å². The van der Waals surface area contributed by atoms with E-state index < -0.39 is 53.6 Å². The predicted octanol–water partition coefficient (Wildman–Crippen LogP) is 3.14. The normalized spacial score (nSPS) is 15.8. The molecular formula is C21H17BrF3N3O5. The van der Waals surface area contributed by atoms with Gasteiger partial charge in [-0.15, -0.1) is 0 Å². The summed E-state index contributed by atoms with van der Waals surface area (Å²) in [6.45, 7) is -1.00. The number of benzene rings is 2. The summed E-state index contributed by atoms with van der Waals surface area (Å²) in [5.41, 5.74) is 1.19.